The Labute approximate surface area is 182 Å². The van der Waals surface area contributed by atoms with Gasteiger partial charge in [-0.1, -0.05) is 67.8 Å². The number of carboxylic acids is 1. The predicted molar refractivity (Wildman–Crippen MR) is 118 cm³/mol. The van der Waals surface area contributed by atoms with Crippen molar-refractivity contribution < 1.29 is 19.4 Å². The molecule has 0 aliphatic heterocycles. The van der Waals surface area contributed by atoms with Crippen molar-refractivity contribution in [3.8, 4) is 11.1 Å². The van der Waals surface area contributed by atoms with Gasteiger partial charge in [0.25, 0.3) is 0 Å². The maximum absolute atomic E-state index is 12.5. The third-order valence-corrected chi connectivity index (χ3v) is 7.71. The fourth-order valence-electron chi connectivity index (χ4n) is 6.28. The fraction of sp³-hybridized carbons (Fsp3) is 0.462. The zero-order valence-corrected chi connectivity index (χ0v) is 17.7. The quantitative estimate of drug-likeness (QED) is 0.686. The lowest BCUT2D eigenvalue weighted by molar-refractivity contribution is -0.168. The van der Waals surface area contributed by atoms with Crippen LogP contribution in [0.2, 0.25) is 0 Å². The van der Waals surface area contributed by atoms with Crippen LogP contribution in [0.4, 0.5) is 4.79 Å². The largest absolute Gasteiger partial charge is 0.481 e. The normalized spacial score (nSPS) is 20.4. The van der Waals surface area contributed by atoms with Gasteiger partial charge in [0.15, 0.2) is 0 Å². The summed E-state index contributed by atoms with van der Waals surface area (Å²) in [6.07, 6.45) is 6.66. The van der Waals surface area contributed by atoms with Gasteiger partial charge in [-0.25, -0.2) is 4.79 Å². The van der Waals surface area contributed by atoms with Gasteiger partial charge in [-0.3, -0.25) is 4.79 Å². The first kappa shape index (κ1) is 20.1. The van der Waals surface area contributed by atoms with Crippen LogP contribution in [0.3, 0.4) is 0 Å². The average molecular weight is 420 g/mol. The van der Waals surface area contributed by atoms with E-state index in [2.05, 4.69) is 29.6 Å². The van der Waals surface area contributed by atoms with Crippen molar-refractivity contribution in [3.63, 3.8) is 0 Å². The molecular formula is C26H29NO4. The summed E-state index contributed by atoms with van der Waals surface area (Å²) in [4.78, 5) is 24.5. The summed E-state index contributed by atoms with van der Waals surface area (Å²) < 4.78 is 5.58. The smallest absolute Gasteiger partial charge is 0.407 e. The van der Waals surface area contributed by atoms with Crippen LogP contribution in [-0.4, -0.2) is 30.3 Å². The molecule has 2 fully saturated rings. The fourth-order valence-corrected chi connectivity index (χ4v) is 6.28. The van der Waals surface area contributed by atoms with E-state index in [9.17, 15) is 14.7 Å². The molecule has 0 heterocycles. The number of hydrogen-bond donors (Lipinski definition) is 2. The summed E-state index contributed by atoms with van der Waals surface area (Å²) in [5, 5.41) is 12.6. The van der Waals surface area contributed by atoms with E-state index in [1.165, 1.54) is 30.4 Å². The van der Waals surface area contributed by atoms with Gasteiger partial charge in [0, 0.05) is 12.5 Å². The monoisotopic (exact) mass is 419 g/mol. The van der Waals surface area contributed by atoms with Gasteiger partial charge < -0.3 is 15.2 Å². The Balaban J connectivity index is 1.20. The van der Waals surface area contributed by atoms with Crippen molar-refractivity contribution in [2.75, 3.05) is 13.2 Å². The highest BCUT2D eigenvalue weighted by Gasteiger charge is 2.58. The molecule has 0 atom stereocenters. The highest BCUT2D eigenvalue weighted by Crippen LogP contribution is 2.61. The van der Waals surface area contributed by atoms with E-state index in [1.807, 2.05) is 24.3 Å². The van der Waals surface area contributed by atoms with Crippen LogP contribution in [0.15, 0.2) is 48.5 Å². The van der Waals surface area contributed by atoms with Crippen molar-refractivity contribution in [1.29, 1.82) is 0 Å². The van der Waals surface area contributed by atoms with E-state index in [-0.39, 0.29) is 24.5 Å². The second-order valence-electron chi connectivity index (χ2n) is 9.68. The number of amides is 1. The number of carbonyl (C=O) groups is 2. The molecule has 0 saturated heterocycles. The minimum atomic E-state index is -0.844. The number of carbonyl (C=O) groups excluding carboxylic acids is 1. The third-order valence-electron chi connectivity index (χ3n) is 7.71. The van der Waals surface area contributed by atoms with Crippen LogP contribution in [0.1, 0.15) is 62.0 Å². The van der Waals surface area contributed by atoms with Crippen LogP contribution in [0, 0.1) is 10.8 Å². The standard InChI is InChI=1S/C26H29NO4/c28-23(29)26(15-25(16-26)12-6-1-7-13-25)17-27-24(30)31-14-22-20-10-4-2-8-18(20)19-9-3-5-11-21(19)22/h2-5,8-11,22H,1,6-7,12-17H2,(H,27,30)(H,28,29). The lowest BCUT2D eigenvalue weighted by atomic mass is 9.48. The number of fused-ring (bicyclic) bond motifs is 3. The van der Waals surface area contributed by atoms with Gasteiger partial charge in [0.05, 0.1) is 5.41 Å². The Bertz CT molecular complexity index is 954. The van der Waals surface area contributed by atoms with Gasteiger partial charge in [-0.2, -0.15) is 0 Å². The summed E-state index contributed by atoms with van der Waals surface area (Å²) in [6, 6.07) is 16.4. The molecule has 2 aromatic rings. The molecule has 0 unspecified atom stereocenters. The zero-order chi connectivity index (χ0) is 21.5. The van der Waals surface area contributed by atoms with E-state index >= 15 is 0 Å². The van der Waals surface area contributed by atoms with Crippen molar-refractivity contribution in [2.45, 2.75) is 50.9 Å². The molecule has 1 spiro atoms. The number of benzene rings is 2. The predicted octanol–water partition coefficient (Wildman–Crippen LogP) is 5.34. The molecule has 2 saturated carbocycles. The minimum absolute atomic E-state index is 0.000736. The molecule has 162 valence electrons. The first-order chi connectivity index (χ1) is 15.0. The Morgan fingerprint density at radius 3 is 2.10 bits per heavy atom. The molecule has 5 rings (SSSR count). The summed E-state index contributed by atoms with van der Waals surface area (Å²) in [5.41, 5.74) is 4.03. The zero-order valence-electron chi connectivity index (χ0n) is 17.7. The first-order valence-corrected chi connectivity index (χ1v) is 11.3. The number of ether oxygens (including phenoxy) is 1. The van der Waals surface area contributed by atoms with Crippen LogP contribution in [-0.2, 0) is 9.53 Å². The molecule has 3 aliphatic carbocycles. The topological polar surface area (TPSA) is 75.6 Å². The lowest BCUT2D eigenvalue weighted by Crippen LogP contribution is -2.57. The van der Waals surface area contributed by atoms with E-state index in [0.717, 1.165) is 24.0 Å². The van der Waals surface area contributed by atoms with Crippen LogP contribution < -0.4 is 5.32 Å². The number of aliphatic carboxylic acids is 1. The van der Waals surface area contributed by atoms with Crippen LogP contribution >= 0.6 is 0 Å². The molecule has 3 aliphatic rings. The molecule has 31 heavy (non-hydrogen) atoms. The van der Waals surface area contributed by atoms with Crippen molar-refractivity contribution in [2.24, 2.45) is 10.8 Å². The molecule has 5 nitrogen and oxygen atoms in total. The van der Waals surface area contributed by atoms with E-state index in [4.69, 9.17) is 4.74 Å². The van der Waals surface area contributed by atoms with Crippen LogP contribution in [0.5, 0.6) is 0 Å². The summed E-state index contributed by atoms with van der Waals surface area (Å²) in [5.74, 6) is -0.802. The summed E-state index contributed by atoms with van der Waals surface area (Å²) >= 11 is 0. The third kappa shape index (κ3) is 3.50. The molecule has 2 aromatic carbocycles. The van der Waals surface area contributed by atoms with E-state index < -0.39 is 17.5 Å². The SMILES string of the molecule is O=C(NCC1(C(=O)O)CC2(CCCCC2)C1)OCC1c2ccccc2-c2ccccc21. The molecule has 0 aromatic heterocycles. The highest BCUT2D eigenvalue weighted by atomic mass is 16.5. The van der Waals surface area contributed by atoms with Gasteiger partial charge in [-0.05, 0) is 53.4 Å². The number of rotatable bonds is 5. The average Bonchev–Trinajstić information content (AvgIpc) is 3.09. The van der Waals surface area contributed by atoms with Gasteiger partial charge in [0.1, 0.15) is 6.61 Å². The second-order valence-corrected chi connectivity index (χ2v) is 9.68. The Hall–Kier alpha value is -2.82. The molecule has 1 amide bonds. The van der Waals surface area contributed by atoms with Crippen molar-refractivity contribution in [1.82, 2.24) is 5.32 Å². The molecule has 0 radical (unpaired) electrons. The second kappa shape index (κ2) is 7.70. The van der Waals surface area contributed by atoms with Gasteiger partial charge in [-0.15, -0.1) is 0 Å². The minimum Gasteiger partial charge on any atom is -0.481 e. The number of carboxylic acid groups (broad SMARTS) is 1. The van der Waals surface area contributed by atoms with Gasteiger partial charge >= 0.3 is 12.1 Å². The summed E-state index contributed by atoms with van der Waals surface area (Å²) in [7, 11) is 0. The van der Waals surface area contributed by atoms with E-state index in [0.29, 0.717) is 12.8 Å². The van der Waals surface area contributed by atoms with Crippen LogP contribution in [0.25, 0.3) is 11.1 Å². The number of alkyl carbamates (subject to hydrolysis) is 1. The number of hydrogen-bond acceptors (Lipinski definition) is 3. The van der Waals surface area contributed by atoms with Crippen molar-refractivity contribution in [3.05, 3.63) is 59.7 Å². The Morgan fingerprint density at radius 1 is 0.935 bits per heavy atom. The maximum Gasteiger partial charge on any atom is 0.407 e. The van der Waals surface area contributed by atoms with Crippen molar-refractivity contribution >= 4 is 12.1 Å². The highest BCUT2D eigenvalue weighted by molar-refractivity contribution is 5.79. The maximum atomic E-state index is 12.5. The van der Waals surface area contributed by atoms with Gasteiger partial charge in [0.2, 0.25) is 0 Å². The molecular weight excluding hydrogens is 390 g/mol. The Kier molecular flexibility index (Phi) is 4.99. The molecule has 2 N–H and O–H groups in total. The molecule has 0 bridgehead atoms. The van der Waals surface area contributed by atoms with E-state index in [1.54, 1.807) is 0 Å². The number of nitrogens with one attached hydrogen (secondary N) is 1. The lowest BCUT2D eigenvalue weighted by Gasteiger charge is -2.56. The first-order valence-electron chi connectivity index (χ1n) is 11.3. The summed E-state index contributed by atoms with van der Waals surface area (Å²) in [6.45, 7) is 0.380. The Morgan fingerprint density at radius 2 is 1.52 bits per heavy atom. The molecule has 5 heteroatoms.